The van der Waals surface area contributed by atoms with E-state index in [1.165, 1.54) is 0 Å². The monoisotopic (exact) mass is 417 g/mol. The first kappa shape index (κ1) is 20.3. The third-order valence-electron chi connectivity index (χ3n) is 5.27. The SMILES string of the molecule is CCOc1cc2c(cc1OCC)-n1cccc1[C@@H](c1ccc(C(F)(F)F)cc1)[NH2+]C2. The highest BCUT2D eigenvalue weighted by Crippen LogP contribution is 2.36. The summed E-state index contributed by atoms with van der Waals surface area (Å²) in [5.41, 5.74) is 3.26. The minimum Gasteiger partial charge on any atom is -0.490 e. The van der Waals surface area contributed by atoms with E-state index in [9.17, 15) is 13.2 Å². The highest BCUT2D eigenvalue weighted by atomic mass is 19.4. The molecule has 0 amide bonds. The van der Waals surface area contributed by atoms with Crippen LogP contribution in [0.3, 0.4) is 0 Å². The maximum Gasteiger partial charge on any atom is 0.416 e. The molecule has 0 saturated carbocycles. The van der Waals surface area contributed by atoms with Gasteiger partial charge in [0.15, 0.2) is 17.5 Å². The molecule has 4 rings (SSSR count). The lowest BCUT2D eigenvalue weighted by atomic mass is 10.0. The quantitative estimate of drug-likeness (QED) is 0.666. The van der Waals surface area contributed by atoms with Crippen molar-refractivity contribution in [1.29, 1.82) is 0 Å². The summed E-state index contributed by atoms with van der Waals surface area (Å²) < 4.78 is 52.5. The number of hydrogen-bond acceptors (Lipinski definition) is 2. The van der Waals surface area contributed by atoms with E-state index in [1.807, 2.05) is 44.3 Å². The standard InChI is InChI=1S/C23H23F3N2O2/c1-3-29-20-12-16-14-27-22(15-7-9-17(10-8-15)23(24,25)26)18-6-5-11-28(18)19(16)13-21(20)30-4-2/h5-13,22,27H,3-4,14H2,1-2H3/p+1/t22-/m1/s1. The average Bonchev–Trinajstić information content (AvgIpc) is 3.14. The molecule has 0 fully saturated rings. The van der Waals surface area contributed by atoms with Crippen LogP contribution in [-0.2, 0) is 12.7 Å². The topological polar surface area (TPSA) is 40.0 Å². The summed E-state index contributed by atoms with van der Waals surface area (Å²) in [5.74, 6) is 1.39. The third-order valence-corrected chi connectivity index (χ3v) is 5.27. The Morgan fingerprint density at radius 3 is 2.30 bits per heavy atom. The van der Waals surface area contributed by atoms with Gasteiger partial charge in [-0.1, -0.05) is 12.1 Å². The number of aromatic nitrogens is 1. The summed E-state index contributed by atoms with van der Waals surface area (Å²) in [7, 11) is 0. The van der Waals surface area contributed by atoms with Crippen LogP contribution in [0, 0.1) is 0 Å². The molecule has 4 nitrogen and oxygen atoms in total. The van der Waals surface area contributed by atoms with Crippen LogP contribution < -0.4 is 14.8 Å². The Kier molecular flexibility index (Phi) is 5.47. The van der Waals surface area contributed by atoms with E-state index >= 15 is 0 Å². The summed E-state index contributed by atoms with van der Waals surface area (Å²) in [5, 5.41) is 2.14. The van der Waals surface area contributed by atoms with Crippen LogP contribution in [0.1, 0.15) is 42.3 Å². The van der Waals surface area contributed by atoms with E-state index in [0.717, 1.165) is 34.6 Å². The van der Waals surface area contributed by atoms with E-state index in [-0.39, 0.29) is 6.04 Å². The van der Waals surface area contributed by atoms with Gasteiger partial charge in [-0.3, -0.25) is 0 Å². The molecule has 0 bridgehead atoms. The molecule has 1 aliphatic rings. The number of alkyl halides is 3. The van der Waals surface area contributed by atoms with Gasteiger partial charge in [-0.15, -0.1) is 0 Å². The van der Waals surface area contributed by atoms with Crippen LogP contribution in [0.25, 0.3) is 5.69 Å². The zero-order valence-corrected chi connectivity index (χ0v) is 16.9. The summed E-state index contributed by atoms with van der Waals surface area (Å²) >= 11 is 0. The summed E-state index contributed by atoms with van der Waals surface area (Å²) in [4.78, 5) is 0. The summed E-state index contributed by atoms with van der Waals surface area (Å²) in [6, 6.07) is 13.2. The van der Waals surface area contributed by atoms with Crippen molar-refractivity contribution in [3.63, 3.8) is 0 Å². The second-order valence-electron chi connectivity index (χ2n) is 7.13. The number of nitrogens with zero attached hydrogens (tertiary/aromatic N) is 1. The molecule has 0 radical (unpaired) electrons. The van der Waals surface area contributed by atoms with Gasteiger partial charge in [0.2, 0.25) is 0 Å². The van der Waals surface area contributed by atoms with Crippen molar-refractivity contribution in [2.45, 2.75) is 32.6 Å². The Hall–Kier alpha value is -2.93. The largest absolute Gasteiger partial charge is 0.490 e. The first-order valence-electron chi connectivity index (χ1n) is 10.0. The van der Waals surface area contributed by atoms with Gasteiger partial charge in [0, 0.05) is 23.4 Å². The molecule has 158 valence electrons. The lowest BCUT2D eigenvalue weighted by molar-refractivity contribution is -0.702. The Morgan fingerprint density at radius 1 is 1.00 bits per heavy atom. The van der Waals surface area contributed by atoms with Crippen molar-refractivity contribution >= 4 is 0 Å². The molecule has 2 N–H and O–H groups in total. The fourth-order valence-corrected chi connectivity index (χ4v) is 3.93. The van der Waals surface area contributed by atoms with Crippen molar-refractivity contribution in [2.75, 3.05) is 13.2 Å². The smallest absolute Gasteiger partial charge is 0.416 e. The highest BCUT2D eigenvalue weighted by Gasteiger charge is 2.32. The second-order valence-corrected chi connectivity index (χ2v) is 7.13. The van der Waals surface area contributed by atoms with Crippen molar-refractivity contribution in [3.05, 3.63) is 77.1 Å². The van der Waals surface area contributed by atoms with E-state index in [1.54, 1.807) is 12.1 Å². The van der Waals surface area contributed by atoms with Crippen LogP contribution in [-0.4, -0.2) is 17.8 Å². The first-order chi connectivity index (χ1) is 14.4. The van der Waals surface area contributed by atoms with Gasteiger partial charge in [-0.2, -0.15) is 13.2 Å². The fraction of sp³-hybridized carbons (Fsp3) is 0.304. The number of rotatable bonds is 5. The van der Waals surface area contributed by atoms with Gasteiger partial charge in [-0.25, -0.2) is 0 Å². The van der Waals surface area contributed by atoms with E-state index in [2.05, 4.69) is 9.88 Å². The first-order valence-corrected chi connectivity index (χ1v) is 10.0. The van der Waals surface area contributed by atoms with Crippen molar-refractivity contribution in [2.24, 2.45) is 0 Å². The molecule has 2 aromatic carbocycles. The summed E-state index contributed by atoms with van der Waals surface area (Å²) in [6.45, 7) is 5.58. The molecule has 2 heterocycles. The molecule has 0 aliphatic carbocycles. The van der Waals surface area contributed by atoms with Crippen LogP contribution in [0.2, 0.25) is 0 Å². The van der Waals surface area contributed by atoms with Gasteiger partial charge >= 0.3 is 6.18 Å². The van der Waals surface area contributed by atoms with Crippen molar-refractivity contribution < 1.29 is 28.0 Å². The van der Waals surface area contributed by atoms with Crippen LogP contribution in [0.5, 0.6) is 11.5 Å². The minimum atomic E-state index is -4.34. The fourth-order valence-electron chi connectivity index (χ4n) is 3.93. The maximum atomic E-state index is 13.0. The van der Waals surface area contributed by atoms with Gasteiger partial charge in [0.05, 0.1) is 30.2 Å². The van der Waals surface area contributed by atoms with Gasteiger partial charge in [-0.05, 0) is 44.2 Å². The van der Waals surface area contributed by atoms with Crippen LogP contribution in [0.4, 0.5) is 13.2 Å². The third kappa shape index (κ3) is 3.77. The Labute approximate surface area is 173 Å². The van der Waals surface area contributed by atoms with E-state index in [4.69, 9.17) is 9.47 Å². The molecular weight excluding hydrogens is 393 g/mol. The Bertz CT molecular complexity index is 1030. The zero-order chi connectivity index (χ0) is 21.3. The van der Waals surface area contributed by atoms with E-state index < -0.39 is 11.7 Å². The molecular formula is C23H24F3N2O2+. The molecule has 3 aromatic rings. The molecule has 7 heteroatoms. The lowest BCUT2D eigenvalue weighted by Gasteiger charge is -2.16. The highest BCUT2D eigenvalue weighted by molar-refractivity contribution is 5.56. The van der Waals surface area contributed by atoms with Crippen LogP contribution >= 0.6 is 0 Å². The molecule has 1 aliphatic heterocycles. The molecule has 0 spiro atoms. The zero-order valence-electron chi connectivity index (χ0n) is 16.9. The number of nitrogens with two attached hydrogens (primary N) is 1. The number of halogens is 3. The Balaban J connectivity index is 1.76. The average molecular weight is 417 g/mol. The number of hydrogen-bond donors (Lipinski definition) is 1. The number of fused-ring (bicyclic) bond motifs is 3. The summed E-state index contributed by atoms with van der Waals surface area (Å²) in [6.07, 6.45) is -2.37. The van der Waals surface area contributed by atoms with Gasteiger partial charge in [0.25, 0.3) is 0 Å². The van der Waals surface area contributed by atoms with Crippen molar-refractivity contribution in [3.8, 4) is 17.2 Å². The predicted octanol–water partition coefficient (Wildman–Crippen LogP) is 4.46. The normalized spacial score (nSPS) is 15.8. The minimum absolute atomic E-state index is 0.124. The van der Waals surface area contributed by atoms with E-state index in [0.29, 0.717) is 31.3 Å². The van der Waals surface area contributed by atoms with Gasteiger partial charge < -0.3 is 19.4 Å². The number of ether oxygens (including phenoxy) is 2. The molecule has 30 heavy (non-hydrogen) atoms. The molecule has 0 saturated heterocycles. The molecule has 1 atom stereocenters. The van der Waals surface area contributed by atoms with Gasteiger partial charge in [0.1, 0.15) is 6.54 Å². The molecule has 0 unspecified atom stereocenters. The number of benzene rings is 2. The van der Waals surface area contributed by atoms with Crippen molar-refractivity contribution in [1.82, 2.24) is 4.57 Å². The maximum absolute atomic E-state index is 13.0. The Morgan fingerprint density at radius 2 is 1.67 bits per heavy atom. The lowest BCUT2D eigenvalue weighted by Crippen LogP contribution is -2.83. The second kappa shape index (κ2) is 8.07. The predicted molar refractivity (Wildman–Crippen MR) is 107 cm³/mol. The molecule has 1 aromatic heterocycles. The van der Waals surface area contributed by atoms with Crippen LogP contribution in [0.15, 0.2) is 54.7 Å². The number of quaternary nitrogens is 1.